The van der Waals surface area contributed by atoms with Crippen LogP contribution in [0, 0.1) is 0 Å². The van der Waals surface area contributed by atoms with Crippen LogP contribution >= 0.6 is 0 Å². The Balaban J connectivity index is 1.00. The van der Waals surface area contributed by atoms with E-state index in [1.54, 1.807) is 0 Å². The molecule has 2 aliphatic rings. The summed E-state index contributed by atoms with van der Waals surface area (Å²) in [6.07, 6.45) is 0. The van der Waals surface area contributed by atoms with Gasteiger partial charge in [0.15, 0.2) is 40.5 Å². The van der Waals surface area contributed by atoms with Crippen LogP contribution in [0.15, 0.2) is 156 Å². The minimum absolute atomic E-state index is 0.155. The molecule has 0 saturated carbocycles. The molecule has 7 aromatic carbocycles. The Kier molecular flexibility index (Phi) is 6.49. The Morgan fingerprint density at radius 1 is 0.407 bits per heavy atom. The molecule has 11 rings (SSSR count). The zero-order valence-electron chi connectivity index (χ0n) is 29.5. The van der Waals surface area contributed by atoms with Gasteiger partial charge in [-0.15, -0.1) is 0 Å². The Morgan fingerprint density at radius 2 is 1.06 bits per heavy atom. The molecule has 6 heteroatoms. The van der Waals surface area contributed by atoms with Gasteiger partial charge in [-0.05, 0) is 70.3 Å². The van der Waals surface area contributed by atoms with E-state index in [4.69, 9.17) is 28.8 Å². The summed E-state index contributed by atoms with van der Waals surface area (Å²) < 4.78 is 19.6. The molecule has 3 heterocycles. The molecule has 2 aromatic heterocycles. The monoisotopic (exact) mass is 697 g/mol. The van der Waals surface area contributed by atoms with Crippen molar-refractivity contribution in [3.05, 3.63) is 163 Å². The molecule has 256 valence electrons. The number of nitrogens with zero attached hydrogens (tertiary/aromatic N) is 3. The Labute approximate surface area is 311 Å². The SMILES string of the molecule is CC1(C)c2ccccc2-c2cc3c(cc21)Oc1c(cccc1-c1cccc(-c2nc(-c4ccccc4)nc(-c4ccc5c(c4)oc4ccccc45)n2)c1)O3. The van der Waals surface area contributed by atoms with E-state index in [1.165, 1.54) is 22.3 Å². The number of hydrogen-bond donors (Lipinski definition) is 0. The average Bonchev–Trinajstić information content (AvgIpc) is 3.70. The summed E-state index contributed by atoms with van der Waals surface area (Å²) in [7, 11) is 0. The van der Waals surface area contributed by atoms with Gasteiger partial charge in [-0.3, -0.25) is 0 Å². The highest BCUT2D eigenvalue weighted by atomic mass is 16.6. The van der Waals surface area contributed by atoms with E-state index in [9.17, 15) is 0 Å². The van der Waals surface area contributed by atoms with Crippen molar-refractivity contribution in [1.82, 2.24) is 15.0 Å². The van der Waals surface area contributed by atoms with Crippen molar-refractivity contribution in [2.75, 3.05) is 0 Å². The standard InChI is InChI=1S/C48H31N3O3/c1-48(2)37-19-8-6-16-33(37)36-26-42-43(27-38(36)48)54-44-32(18-11-21-40(44)53-42)29-14-10-15-30(24-29)46-49-45(28-12-4-3-5-13-28)50-47(51-46)31-22-23-35-34-17-7-9-20-39(34)52-41(35)25-31/h3-27H,1-2H3. The first kappa shape index (κ1) is 30.6. The van der Waals surface area contributed by atoms with E-state index in [1.807, 2.05) is 78.9 Å². The fourth-order valence-corrected chi connectivity index (χ4v) is 8.07. The van der Waals surface area contributed by atoms with E-state index in [-0.39, 0.29) is 5.41 Å². The van der Waals surface area contributed by atoms with Crippen LogP contribution in [0.2, 0.25) is 0 Å². The van der Waals surface area contributed by atoms with E-state index in [0.29, 0.717) is 40.5 Å². The van der Waals surface area contributed by atoms with Crippen molar-refractivity contribution < 1.29 is 13.9 Å². The number of para-hydroxylation sites is 2. The van der Waals surface area contributed by atoms with E-state index in [2.05, 4.69) is 86.6 Å². The number of aromatic nitrogens is 3. The third-order valence-electron chi connectivity index (χ3n) is 10.8. The minimum Gasteiger partial charge on any atom is -0.456 e. The maximum atomic E-state index is 6.76. The van der Waals surface area contributed by atoms with Crippen LogP contribution in [0.4, 0.5) is 0 Å². The molecule has 6 nitrogen and oxygen atoms in total. The van der Waals surface area contributed by atoms with E-state index in [0.717, 1.165) is 49.8 Å². The van der Waals surface area contributed by atoms with Gasteiger partial charge in [-0.2, -0.15) is 0 Å². The van der Waals surface area contributed by atoms with Gasteiger partial charge < -0.3 is 13.9 Å². The summed E-state index contributed by atoms with van der Waals surface area (Å²) in [5, 5.41) is 2.13. The Bertz CT molecular complexity index is 2980. The van der Waals surface area contributed by atoms with Crippen molar-refractivity contribution in [1.29, 1.82) is 0 Å². The average molecular weight is 698 g/mol. The summed E-state index contributed by atoms with van der Waals surface area (Å²) >= 11 is 0. The molecule has 0 unspecified atom stereocenters. The maximum Gasteiger partial charge on any atom is 0.177 e. The van der Waals surface area contributed by atoms with Crippen LogP contribution in [-0.4, -0.2) is 15.0 Å². The van der Waals surface area contributed by atoms with E-state index >= 15 is 0 Å². The number of hydrogen-bond acceptors (Lipinski definition) is 6. The molecule has 0 amide bonds. The fourth-order valence-electron chi connectivity index (χ4n) is 8.07. The number of fused-ring (bicyclic) bond motifs is 8. The lowest BCUT2D eigenvalue weighted by atomic mass is 9.82. The van der Waals surface area contributed by atoms with Crippen LogP contribution in [0.3, 0.4) is 0 Å². The minimum atomic E-state index is -0.155. The Morgan fingerprint density at radius 3 is 1.93 bits per heavy atom. The van der Waals surface area contributed by atoms with Gasteiger partial charge in [0, 0.05) is 38.4 Å². The lowest BCUT2D eigenvalue weighted by Gasteiger charge is -2.26. The predicted molar refractivity (Wildman–Crippen MR) is 213 cm³/mol. The molecule has 0 N–H and O–H groups in total. The molecule has 0 spiro atoms. The molecule has 1 aliphatic heterocycles. The first-order valence-corrected chi connectivity index (χ1v) is 18.1. The second kappa shape index (κ2) is 11.5. The largest absolute Gasteiger partial charge is 0.456 e. The molecule has 0 radical (unpaired) electrons. The molecule has 0 bridgehead atoms. The first-order valence-electron chi connectivity index (χ1n) is 18.1. The van der Waals surface area contributed by atoms with Crippen LogP contribution in [0.1, 0.15) is 25.0 Å². The second-order valence-corrected chi connectivity index (χ2v) is 14.4. The van der Waals surface area contributed by atoms with Gasteiger partial charge >= 0.3 is 0 Å². The van der Waals surface area contributed by atoms with Gasteiger partial charge in [0.05, 0.1) is 0 Å². The zero-order valence-corrected chi connectivity index (χ0v) is 29.5. The topological polar surface area (TPSA) is 70.3 Å². The zero-order chi connectivity index (χ0) is 36.0. The highest BCUT2D eigenvalue weighted by Gasteiger charge is 2.37. The number of rotatable bonds is 4. The summed E-state index contributed by atoms with van der Waals surface area (Å²) in [5.41, 5.74) is 10.9. The summed E-state index contributed by atoms with van der Waals surface area (Å²) in [6, 6.07) is 51.4. The number of furan rings is 1. The summed E-state index contributed by atoms with van der Waals surface area (Å²) in [4.78, 5) is 15.0. The normalized spacial score (nSPS) is 13.4. The van der Waals surface area contributed by atoms with E-state index < -0.39 is 0 Å². The van der Waals surface area contributed by atoms with Crippen molar-refractivity contribution in [3.8, 4) is 79.4 Å². The first-order chi connectivity index (χ1) is 26.5. The van der Waals surface area contributed by atoms with Crippen LogP contribution in [-0.2, 0) is 5.41 Å². The number of ether oxygens (including phenoxy) is 2. The van der Waals surface area contributed by atoms with Crippen LogP contribution < -0.4 is 9.47 Å². The fraction of sp³-hybridized carbons (Fsp3) is 0.0625. The molecule has 9 aromatic rings. The van der Waals surface area contributed by atoms with Crippen LogP contribution in [0.25, 0.3) is 78.4 Å². The molecular formula is C48H31N3O3. The third-order valence-corrected chi connectivity index (χ3v) is 10.8. The van der Waals surface area contributed by atoms with Gasteiger partial charge in [-0.25, -0.2) is 15.0 Å². The van der Waals surface area contributed by atoms with Crippen molar-refractivity contribution in [2.45, 2.75) is 19.3 Å². The summed E-state index contributed by atoms with van der Waals surface area (Å²) in [6.45, 7) is 4.54. The molecule has 1 aliphatic carbocycles. The van der Waals surface area contributed by atoms with Crippen LogP contribution in [0.5, 0.6) is 23.0 Å². The lowest BCUT2D eigenvalue weighted by Crippen LogP contribution is -2.15. The quantitative estimate of drug-likeness (QED) is 0.182. The smallest absolute Gasteiger partial charge is 0.177 e. The van der Waals surface area contributed by atoms with Crippen molar-refractivity contribution in [3.63, 3.8) is 0 Å². The molecule has 0 saturated heterocycles. The maximum absolute atomic E-state index is 6.76. The van der Waals surface area contributed by atoms with Gasteiger partial charge in [0.1, 0.15) is 11.2 Å². The number of benzene rings is 7. The third kappa shape index (κ3) is 4.70. The van der Waals surface area contributed by atoms with Gasteiger partial charge in [0.25, 0.3) is 0 Å². The molecule has 54 heavy (non-hydrogen) atoms. The molecule has 0 fully saturated rings. The second-order valence-electron chi connectivity index (χ2n) is 14.4. The van der Waals surface area contributed by atoms with Crippen molar-refractivity contribution in [2.24, 2.45) is 0 Å². The van der Waals surface area contributed by atoms with Crippen molar-refractivity contribution >= 4 is 21.9 Å². The molecule has 0 atom stereocenters. The summed E-state index contributed by atoms with van der Waals surface area (Å²) in [5.74, 6) is 4.49. The highest BCUT2D eigenvalue weighted by Crippen LogP contribution is 2.56. The lowest BCUT2D eigenvalue weighted by molar-refractivity contribution is 0.360. The molecular weight excluding hydrogens is 667 g/mol. The Hall–Kier alpha value is -7.05. The van der Waals surface area contributed by atoms with Gasteiger partial charge in [0.2, 0.25) is 0 Å². The highest BCUT2D eigenvalue weighted by molar-refractivity contribution is 6.05. The predicted octanol–water partition coefficient (Wildman–Crippen LogP) is 12.6. The van der Waals surface area contributed by atoms with Gasteiger partial charge in [-0.1, -0.05) is 123 Å².